The van der Waals surface area contributed by atoms with Gasteiger partial charge in [-0.3, -0.25) is 0 Å². The number of nitrogens with one attached hydrogen (secondary N) is 1. The molecule has 3 aromatic carbocycles. The minimum absolute atomic E-state index is 0.0283. The first-order chi connectivity index (χ1) is 15.8. The third kappa shape index (κ3) is 5.74. The average molecular weight is 453 g/mol. The van der Waals surface area contributed by atoms with Crippen LogP contribution in [-0.2, 0) is 20.7 Å². The maximum atomic E-state index is 12.6. The lowest BCUT2D eigenvalue weighted by molar-refractivity contribution is -0.170. The SMILES string of the molecule is CCOC(=O)C(=Cc1ccc2[nH]c(Cc3ccc4ccccc4c3)cc2c1)OCC(F)(F)F. The summed E-state index contributed by atoms with van der Waals surface area (Å²) >= 11 is 0. The Kier molecular flexibility index (Phi) is 6.40. The van der Waals surface area contributed by atoms with Crippen molar-refractivity contribution in [2.75, 3.05) is 13.2 Å². The van der Waals surface area contributed by atoms with E-state index in [2.05, 4.69) is 35.3 Å². The molecule has 1 heterocycles. The highest BCUT2D eigenvalue weighted by Crippen LogP contribution is 2.24. The first kappa shape index (κ1) is 22.5. The molecule has 1 aromatic heterocycles. The monoisotopic (exact) mass is 453 g/mol. The van der Waals surface area contributed by atoms with Crippen molar-refractivity contribution in [3.05, 3.63) is 89.3 Å². The van der Waals surface area contributed by atoms with Crippen molar-refractivity contribution >= 4 is 33.7 Å². The maximum absolute atomic E-state index is 12.6. The Hall–Kier alpha value is -3.74. The molecule has 33 heavy (non-hydrogen) atoms. The molecule has 0 spiro atoms. The number of carbonyl (C=O) groups is 1. The highest BCUT2D eigenvalue weighted by Gasteiger charge is 2.30. The number of carbonyl (C=O) groups excluding carboxylic acids is 1. The van der Waals surface area contributed by atoms with Gasteiger partial charge in [0.25, 0.3) is 0 Å². The molecule has 0 amide bonds. The van der Waals surface area contributed by atoms with Crippen molar-refractivity contribution in [1.29, 1.82) is 0 Å². The van der Waals surface area contributed by atoms with Gasteiger partial charge in [-0.2, -0.15) is 13.2 Å². The fraction of sp³-hybridized carbons (Fsp3) is 0.192. The molecule has 4 nitrogen and oxygen atoms in total. The van der Waals surface area contributed by atoms with Gasteiger partial charge in [0, 0.05) is 23.0 Å². The van der Waals surface area contributed by atoms with Crippen LogP contribution < -0.4 is 0 Å². The standard InChI is InChI=1S/C26H22F3NO3/c1-2-32-25(31)24(33-16-26(27,28)29)14-18-8-10-23-21(12-18)15-22(30-23)13-17-7-9-19-5-3-4-6-20(19)11-17/h3-12,14-15,30H,2,13,16H2,1H3. The lowest BCUT2D eigenvalue weighted by Crippen LogP contribution is -2.20. The predicted octanol–water partition coefficient (Wildman–Crippen LogP) is 6.39. The minimum Gasteiger partial charge on any atom is -0.477 e. The van der Waals surface area contributed by atoms with Crippen LogP contribution in [0.4, 0.5) is 13.2 Å². The number of ether oxygens (including phenoxy) is 2. The van der Waals surface area contributed by atoms with E-state index < -0.39 is 24.5 Å². The van der Waals surface area contributed by atoms with Gasteiger partial charge in [-0.25, -0.2) is 4.79 Å². The Morgan fingerprint density at radius 3 is 2.48 bits per heavy atom. The van der Waals surface area contributed by atoms with Gasteiger partial charge in [0.05, 0.1) is 6.61 Å². The number of fused-ring (bicyclic) bond motifs is 2. The molecule has 0 bridgehead atoms. The minimum atomic E-state index is -4.56. The molecule has 0 radical (unpaired) electrons. The first-order valence-electron chi connectivity index (χ1n) is 10.5. The molecule has 0 saturated heterocycles. The molecule has 1 N–H and O–H groups in total. The number of rotatable bonds is 7. The number of hydrogen-bond acceptors (Lipinski definition) is 3. The Labute approximate surface area is 188 Å². The Bertz CT molecular complexity index is 1320. The van der Waals surface area contributed by atoms with Crippen molar-refractivity contribution in [3.63, 3.8) is 0 Å². The zero-order valence-corrected chi connectivity index (χ0v) is 17.9. The predicted molar refractivity (Wildman–Crippen MR) is 122 cm³/mol. The van der Waals surface area contributed by atoms with Gasteiger partial charge in [0.1, 0.15) is 0 Å². The van der Waals surface area contributed by atoms with E-state index in [1.165, 1.54) is 16.8 Å². The van der Waals surface area contributed by atoms with Gasteiger partial charge in [0.2, 0.25) is 5.76 Å². The first-order valence-corrected chi connectivity index (χ1v) is 10.5. The summed E-state index contributed by atoms with van der Waals surface area (Å²) in [5, 5.41) is 3.22. The van der Waals surface area contributed by atoms with E-state index >= 15 is 0 Å². The fourth-order valence-electron chi connectivity index (χ4n) is 3.64. The van der Waals surface area contributed by atoms with Crippen LogP contribution in [-0.4, -0.2) is 30.3 Å². The van der Waals surface area contributed by atoms with Crippen molar-refractivity contribution in [1.82, 2.24) is 4.98 Å². The van der Waals surface area contributed by atoms with Gasteiger partial charge >= 0.3 is 12.1 Å². The molecule has 0 aliphatic carbocycles. The van der Waals surface area contributed by atoms with Gasteiger partial charge in [-0.15, -0.1) is 0 Å². The lowest BCUT2D eigenvalue weighted by Gasteiger charge is -2.11. The van der Waals surface area contributed by atoms with Gasteiger partial charge in [-0.1, -0.05) is 48.5 Å². The molecule has 0 fully saturated rings. The second-order valence-corrected chi connectivity index (χ2v) is 7.63. The molecule has 4 rings (SSSR count). The normalized spacial score (nSPS) is 12.3. The molecule has 0 aliphatic heterocycles. The van der Waals surface area contributed by atoms with Crippen LogP contribution in [0.1, 0.15) is 23.7 Å². The molecule has 7 heteroatoms. The number of aromatic amines is 1. The number of benzene rings is 3. The molecule has 170 valence electrons. The summed E-state index contributed by atoms with van der Waals surface area (Å²) in [4.78, 5) is 15.4. The average Bonchev–Trinajstić information content (AvgIpc) is 3.17. The second kappa shape index (κ2) is 9.40. The molecular weight excluding hydrogens is 431 g/mol. The molecule has 0 atom stereocenters. The topological polar surface area (TPSA) is 51.3 Å². The third-order valence-corrected chi connectivity index (χ3v) is 5.07. The summed E-state index contributed by atoms with van der Waals surface area (Å²) in [7, 11) is 0. The number of aromatic nitrogens is 1. The number of alkyl halides is 3. The summed E-state index contributed by atoms with van der Waals surface area (Å²) in [5.41, 5.74) is 3.58. The van der Waals surface area contributed by atoms with Gasteiger partial charge < -0.3 is 14.5 Å². The van der Waals surface area contributed by atoms with Crippen LogP contribution in [0.15, 0.2) is 72.5 Å². The Balaban J connectivity index is 1.58. The summed E-state index contributed by atoms with van der Waals surface area (Å²) in [5.74, 6) is -1.42. The van der Waals surface area contributed by atoms with Crippen molar-refractivity contribution < 1.29 is 27.4 Å². The van der Waals surface area contributed by atoms with Gasteiger partial charge in [-0.05, 0) is 53.1 Å². The van der Waals surface area contributed by atoms with E-state index in [0.717, 1.165) is 22.2 Å². The van der Waals surface area contributed by atoms with Crippen LogP contribution >= 0.6 is 0 Å². The van der Waals surface area contributed by atoms with E-state index in [-0.39, 0.29) is 6.61 Å². The van der Waals surface area contributed by atoms with E-state index in [4.69, 9.17) is 9.47 Å². The molecule has 0 aliphatic rings. The largest absolute Gasteiger partial charge is 0.477 e. The summed E-state index contributed by atoms with van der Waals surface area (Å²) in [6.07, 6.45) is -2.60. The Morgan fingerprint density at radius 2 is 1.73 bits per heavy atom. The molecule has 4 aromatic rings. The van der Waals surface area contributed by atoms with Crippen molar-refractivity contribution in [2.45, 2.75) is 19.5 Å². The van der Waals surface area contributed by atoms with E-state index in [1.807, 2.05) is 24.3 Å². The van der Waals surface area contributed by atoms with Crippen LogP contribution in [0.3, 0.4) is 0 Å². The van der Waals surface area contributed by atoms with Gasteiger partial charge in [0.15, 0.2) is 6.61 Å². The number of halogens is 3. The van der Waals surface area contributed by atoms with Crippen LogP contribution in [0.2, 0.25) is 0 Å². The second-order valence-electron chi connectivity index (χ2n) is 7.63. The van der Waals surface area contributed by atoms with E-state index in [0.29, 0.717) is 12.0 Å². The number of H-pyrrole nitrogens is 1. The maximum Gasteiger partial charge on any atom is 0.422 e. The highest BCUT2D eigenvalue weighted by atomic mass is 19.4. The van der Waals surface area contributed by atoms with Crippen molar-refractivity contribution in [2.24, 2.45) is 0 Å². The molecule has 0 saturated carbocycles. The molecule has 0 unspecified atom stereocenters. The summed E-state index contributed by atoms with van der Waals surface area (Å²) in [6.45, 7) is 0.0304. The van der Waals surface area contributed by atoms with Crippen LogP contribution in [0.25, 0.3) is 27.8 Å². The van der Waals surface area contributed by atoms with Crippen LogP contribution in [0.5, 0.6) is 0 Å². The zero-order chi connectivity index (χ0) is 23.4. The Morgan fingerprint density at radius 1 is 0.939 bits per heavy atom. The summed E-state index contributed by atoms with van der Waals surface area (Å²) < 4.78 is 47.2. The lowest BCUT2D eigenvalue weighted by atomic mass is 10.0. The van der Waals surface area contributed by atoms with Crippen LogP contribution in [0, 0.1) is 0 Å². The number of hydrogen-bond donors (Lipinski definition) is 1. The number of esters is 1. The van der Waals surface area contributed by atoms with E-state index in [9.17, 15) is 18.0 Å². The molecular formula is C26H22F3NO3. The quantitative estimate of drug-likeness (QED) is 0.200. The smallest absolute Gasteiger partial charge is 0.422 e. The zero-order valence-electron chi connectivity index (χ0n) is 17.9. The fourth-order valence-corrected chi connectivity index (χ4v) is 3.64. The third-order valence-electron chi connectivity index (χ3n) is 5.07. The van der Waals surface area contributed by atoms with Crippen molar-refractivity contribution in [3.8, 4) is 0 Å². The highest BCUT2D eigenvalue weighted by molar-refractivity contribution is 5.92. The summed E-state index contributed by atoms with van der Waals surface area (Å²) in [6, 6.07) is 21.8. The van der Waals surface area contributed by atoms with E-state index in [1.54, 1.807) is 19.1 Å².